The molecule has 14 heavy (non-hydrogen) atoms. The predicted octanol–water partition coefficient (Wildman–Crippen LogP) is 2.83. The minimum absolute atomic E-state index is 0.0594. The quantitative estimate of drug-likeness (QED) is 0.800. The normalized spacial score (nSPS) is 18.6. The molecule has 3 nitrogen and oxygen atoms in total. The summed E-state index contributed by atoms with van der Waals surface area (Å²) in [6, 6.07) is 7.28. The van der Waals surface area contributed by atoms with Gasteiger partial charge in [-0.05, 0) is 12.1 Å². The number of rotatable bonds is 1. The number of amidine groups is 1. The molecule has 0 unspecified atom stereocenters. The van der Waals surface area contributed by atoms with Gasteiger partial charge in [0.2, 0.25) is 0 Å². The van der Waals surface area contributed by atoms with Gasteiger partial charge < -0.3 is 5.32 Å². The molecule has 1 aliphatic heterocycles. The number of hydrogen-bond donors (Lipinski definition) is 1. The molecule has 0 aromatic heterocycles. The van der Waals surface area contributed by atoms with Crippen LogP contribution in [-0.4, -0.2) is 16.8 Å². The van der Waals surface area contributed by atoms with Crippen LogP contribution in [0.1, 0.15) is 0 Å². The largest absolute Gasteiger partial charge is 0.304 e. The monoisotopic (exact) mass is 226 g/mol. The molecule has 0 aliphatic carbocycles. The van der Waals surface area contributed by atoms with E-state index in [1.165, 1.54) is 11.8 Å². The summed E-state index contributed by atoms with van der Waals surface area (Å²) in [5.74, 6) is 1.25. The molecule has 1 heterocycles. The zero-order valence-corrected chi connectivity index (χ0v) is 8.73. The maximum atomic E-state index is 10.9. The first-order valence-electron chi connectivity index (χ1n) is 4.01. The number of amides is 1. The van der Waals surface area contributed by atoms with E-state index in [0.29, 0.717) is 22.3 Å². The molecule has 0 radical (unpaired) electrons. The second-order valence-corrected chi connectivity index (χ2v) is 4.07. The van der Waals surface area contributed by atoms with Crippen molar-refractivity contribution in [1.82, 2.24) is 5.32 Å². The van der Waals surface area contributed by atoms with Crippen molar-refractivity contribution in [1.29, 1.82) is 0 Å². The molecular formula is C9H7ClN2OS. The van der Waals surface area contributed by atoms with E-state index >= 15 is 0 Å². The third kappa shape index (κ3) is 2.08. The summed E-state index contributed by atoms with van der Waals surface area (Å²) in [6.07, 6.45) is 0. The van der Waals surface area contributed by atoms with Crippen molar-refractivity contribution in [3.8, 4) is 0 Å². The van der Waals surface area contributed by atoms with Gasteiger partial charge in [0.1, 0.15) is 5.84 Å². The Labute approximate surface area is 90.6 Å². The number of nitrogens with one attached hydrogen (secondary N) is 1. The molecular weight excluding hydrogens is 220 g/mol. The maximum Gasteiger partial charge on any atom is 0.284 e. The zero-order chi connectivity index (χ0) is 9.97. The molecule has 1 amide bonds. The molecule has 2 rings (SSSR count). The van der Waals surface area contributed by atoms with Crippen LogP contribution in [-0.2, 0) is 0 Å². The van der Waals surface area contributed by atoms with E-state index in [1.807, 2.05) is 18.2 Å². The zero-order valence-electron chi connectivity index (χ0n) is 7.16. The van der Waals surface area contributed by atoms with Crippen LogP contribution in [0, 0.1) is 0 Å². The number of halogens is 1. The van der Waals surface area contributed by atoms with Crippen molar-refractivity contribution in [2.75, 3.05) is 5.75 Å². The molecule has 1 aliphatic rings. The standard InChI is InChI=1S/C9H7ClN2OS/c10-6-3-1-2-4-7(6)11-8-5-14-9(13)12-8/h1-4H,5H2,(H,11,12,13). The van der Waals surface area contributed by atoms with Gasteiger partial charge in [0.25, 0.3) is 5.24 Å². The minimum atomic E-state index is -0.0594. The number of para-hydroxylation sites is 1. The van der Waals surface area contributed by atoms with Crippen molar-refractivity contribution in [3.05, 3.63) is 29.3 Å². The Morgan fingerprint density at radius 3 is 2.86 bits per heavy atom. The second kappa shape index (κ2) is 4.02. The van der Waals surface area contributed by atoms with Crippen molar-refractivity contribution in [2.45, 2.75) is 0 Å². The van der Waals surface area contributed by atoms with Gasteiger partial charge in [-0.15, -0.1) is 0 Å². The third-order valence-corrected chi connectivity index (χ3v) is 2.80. The summed E-state index contributed by atoms with van der Waals surface area (Å²) < 4.78 is 0. The molecule has 1 N–H and O–H groups in total. The van der Waals surface area contributed by atoms with E-state index in [9.17, 15) is 4.79 Å². The van der Waals surface area contributed by atoms with Crippen LogP contribution < -0.4 is 5.32 Å². The molecule has 1 aromatic carbocycles. The number of benzene rings is 1. The second-order valence-electron chi connectivity index (χ2n) is 2.71. The molecule has 1 saturated heterocycles. The molecule has 0 bridgehead atoms. The van der Waals surface area contributed by atoms with E-state index in [-0.39, 0.29) is 5.24 Å². The van der Waals surface area contributed by atoms with Crippen LogP contribution in [0.25, 0.3) is 0 Å². The fourth-order valence-corrected chi connectivity index (χ4v) is 1.84. The number of nitrogens with zero attached hydrogens (tertiary/aromatic N) is 1. The van der Waals surface area contributed by atoms with Crippen LogP contribution in [0.2, 0.25) is 5.02 Å². The van der Waals surface area contributed by atoms with Crippen molar-refractivity contribution in [3.63, 3.8) is 0 Å². The number of hydrogen-bond acceptors (Lipinski definition) is 3. The van der Waals surface area contributed by atoms with Gasteiger partial charge in [-0.2, -0.15) is 0 Å². The lowest BCUT2D eigenvalue weighted by Gasteiger charge is -1.98. The molecule has 0 spiro atoms. The Balaban J connectivity index is 2.25. The SMILES string of the molecule is O=C1NC(=Nc2ccccc2Cl)CS1. The molecule has 1 aromatic rings. The first-order chi connectivity index (χ1) is 6.75. The summed E-state index contributed by atoms with van der Waals surface area (Å²) in [7, 11) is 0. The Morgan fingerprint density at radius 2 is 2.21 bits per heavy atom. The summed E-state index contributed by atoms with van der Waals surface area (Å²) >= 11 is 7.12. The van der Waals surface area contributed by atoms with Crippen LogP contribution in [0.3, 0.4) is 0 Å². The Bertz CT molecular complexity index is 406. The van der Waals surface area contributed by atoms with Gasteiger partial charge >= 0.3 is 0 Å². The summed E-state index contributed by atoms with van der Waals surface area (Å²) in [5, 5.41) is 3.17. The highest BCUT2D eigenvalue weighted by molar-refractivity contribution is 8.14. The van der Waals surface area contributed by atoms with E-state index in [2.05, 4.69) is 10.3 Å². The molecule has 0 atom stereocenters. The average Bonchev–Trinajstić information content (AvgIpc) is 2.56. The number of thioether (sulfide) groups is 1. The highest BCUT2D eigenvalue weighted by atomic mass is 35.5. The van der Waals surface area contributed by atoms with Gasteiger partial charge in [0.15, 0.2) is 0 Å². The van der Waals surface area contributed by atoms with E-state index < -0.39 is 0 Å². The summed E-state index contributed by atoms with van der Waals surface area (Å²) in [5.41, 5.74) is 0.687. The lowest BCUT2D eigenvalue weighted by molar-refractivity contribution is 0.265. The van der Waals surface area contributed by atoms with Gasteiger partial charge in [0.05, 0.1) is 16.5 Å². The van der Waals surface area contributed by atoms with E-state index in [1.54, 1.807) is 6.07 Å². The Morgan fingerprint density at radius 1 is 1.43 bits per heavy atom. The topological polar surface area (TPSA) is 41.5 Å². The molecule has 5 heteroatoms. The lowest BCUT2D eigenvalue weighted by Crippen LogP contribution is -2.18. The smallest absolute Gasteiger partial charge is 0.284 e. The van der Waals surface area contributed by atoms with Crippen molar-refractivity contribution >= 4 is 40.1 Å². The molecule has 72 valence electrons. The lowest BCUT2D eigenvalue weighted by atomic mass is 10.3. The molecule has 1 fully saturated rings. The number of carbonyl (C=O) groups excluding carboxylic acids is 1. The fourth-order valence-electron chi connectivity index (χ4n) is 1.07. The molecule has 0 saturated carbocycles. The van der Waals surface area contributed by atoms with Crippen LogP contribution in [0.15, 0.2) is 29.3 Å². The van der Waals surface area contributed by atoms with Crippen molar-refractivity contribution in [2.24, 2.45) is 4.99 Å². The maximum absolute atomic E-state index is 10.9. The highest BCUT2D eigenvalue weighted by Gasteiger charge is 2.16. The first kappa shape index (κ1) is 9.55. The first-order valence-corrected chi connectivity index (χ1v) is 5.38. The minimum Gasteiger partial charge on any atom is -0.304 e. The third-order valence-electron chi connectivity index (χ3n) is 1.69. The highest BCUT2D eigenvalue weighted by Crippen LogP contribution is 2.24. The number of carbonyl (C=O) groups is 1. The Hall–Kier alpha value is -1.000. The van der Waals surface area contributed by atoms with E-state index in [4.69, 9.17) is 11.6 Å². The Kier molecular flexibility index (Phi) is 2.74. The summed E-state index contributed by atoms with van der Waals surface area (Å²) in [4.78, 5) is 15.1. The number of aliphatic imine (C=N–C) groups is 1. The average molecular weight is 227 g/mol. The predicted molar refractivity (Wildman–Crippen MR) is 59.5 cm³/mol. The van der Waals surface area contributed by atoms with E-state index in [0.717, 1.165) is 0 Å². The van der Waals surface area contributed by atoms with Gasteiger partial charge in [-0.25, -0.2) is 4.99 Å². The van der Waals surface area contributed by atoms with Crippen molar-refractivity contribution < 1.29 is 4.79 Å². The van der Waals surface area contributed by atoms with Crippen LogP contribution in [0.5, 0.6) is 0 Å². The van der Waals surface area contributed by atoms with Gasteiger partial charge in [-0.3, -0.25) is 4.79 Å². The fraction of sp³-hybridized carbons (Fsp3) is 0.111. The van der Waals surface area contributed by atoms with Crippen LogP contribution in [0.4, 0.5) is 10.5 Å². The summed E-state index contributed by atoms with van der Waals surface area (Å²) in [6.45, 7) is 0. The van der Waals surface area contributed by atoms with Gasteiger partial charge in [-0.1, -0.05) is 35.5 Å². The van der Waals surface area contributed by atoms with Crippen LogP contribution >= 0.6 is 23.4 Å². The van der Waals surface area contributed by atoms with Gasteiger partial charge in [0, 0.05) is 0 Å².